The van der Waals surface area contributed by atoms with Crippen molar-refractivity contribution in [2.24, 2.45) is 0 Å². The van der Waals surface area contributed by atoms with Gasteiger partial charge in [-0.2, -0.15) is 0 Å². The first kappa shape index (κ1) is 13.2. The minimum atomic E-state index is -3.45. The molecule has 1 rings (SSSR count). The normalized spacial score (nSPS) is 12.3. The highest BCUT2D eigenvalue weighted by atomic mass is 32.2. The minimum Gasteiger partial charge on any atom is -0.360 e. The molecule has 0 spiro atoms. The van der Waals surface area contributed by atoms with Gasteiger partial charge >= 0.3 is 0 Å². The average molecular weight is 246 g/mol. The Balaban J connectivity index is 3.02. The largest absolute Gasteiger partial charge is 0.360 e. The highest BCUT2D eigenvalue weighted by Crippen LogP contribution is 2.22. The number of aryl methyl sites for hydroxylation is 2. The Bertz CT molecular complexity index is 431. The Labute approximate surface area is 96.5 Å². The van der Waals surface area contributed by atoms with Gasteiger partial charge in [0.05, 0.1) is 0 Å². The quantitative estimate of drug-likeness (QED) is 0.793. The lowest BCUT2D eigenvalue weighted by molar-refractivity contribution is 0.389. The molecule has 0 aliphatic rings. The summed E-state index contributed by atoms with van der Waals surface area (Å²) in [5.41, 5.74) is 0.417. The van der Waals surface area contributed by atoms with Gasteiger partial charge in [-0.3, -0.25) is 0 Å². The molecule has 0 N–H and O–H groups in total. The molecule has 0 saturated carbocycles. The van der Waals surface area contributed by atoms with E-state index in [1.807, 2.05) is 6.92 Å². The van der Waals surface area contributed by atoms with Crippen molar-refractivity contribution < 1.29 is 12.9 Å². The second-order valence-electron chi connectivity index (χ2n) is 3.83. The minimum absolute atomic E-state index is 0.200. The fraction of sp³-hybridized carbons (Fsp3) is 0.700. The monoisotopic (exact) mass is 246 g/mol. The zero-order valence-electron chi connectivity index (χ0n) is 10.1. The van der Waals surface area contributed by atoms with Crippen LogP contribution in [0.4, 0.5) is 0 Å². The van der Waals surface area contributed by atoms with Crippen molar-refractivity contribution in [3.63, 3.8) is 0 Å². The van der Waals surface area contributed by atoms with E-state index in [2.05, 4.69) is 5.16 Å². The van der Waals surface area contributed by atoms with Crippen molar-refractivity contribution in [2.75, 3.05) is 13.6 Å². The molecule has 5 nitrogen and oxygen atoms in total. The van der Waals surface area contributed by atoms with Gasteiger partial charge in [-0.15, -0.1) is 0 Å². The average Bonchev–Trinajstić information content (AvgIpc) is 2.55. The van der Waals surface area contributed by atoms with Gasteiger partial charge in [-0.1, -0.05) is 18.5 Å². The first-order chi connectivity index (χ1) is 7.41. The van der Waals surface area contributed by atoms with E-state index in [1.165, 1.54) is 4.31 Å². The van der Waals surface area contributed by atoms with Gasteiger partial charge in [0.15, 0.2) is 5.76 Å². The molecule has 0 fully saturated rings. The van der Waals surface area contributed by atoms with Gasteiger partial charge in [0, 0.05) is 13.6 Å². The molecule has 0 radical (unpaired) electrons. The maximum atomic E-state index is 12.2. The Morgan fingerprint density at radius 1 is 1.38 bits per heavy atom. The third-order valence-corrected chi connectivity index (χ3v) is 4.56. The summed E-state index contributed by atoms with van der Waals surface area (Å²) >= 11 is 0. The molecule has 0 bridgehead atoms. The van der Waals surface area contributed by atoms with Gasteiger partial charge in [0.25, 0.3) is 0 Å². The second kappa shape index (κ2) is 4.97. The number of sulfonamides is 1. The molecule has 1 aromatic rings. The number of unbranched alkanes of at least 4 members (excludes halogenated alkanes) is 1. The van der Waals surface area contributed by atoms with E-state index in [1.54, 1.807) is 20.9 Å². The Hall–Kier alpha value is -0.880. The molecular formula is C10H18N2O3S. The summed E-state index contributed by atoms with van der Waals surface area (Å²) in [5, 5.41) is 3.66. The molecular weight excluding hydrogens is 228 g/mol. The van der Waals surface area contributed by atoms with E-state index in [4.69, 9.17) is 4.52 Å². The van der Waals surface area contributed by atoms with Crippen LogP contribution in [0.2, 0.25) is 0 Å². The van der Waals surface area contributed by atoms with E-state index in [0.717, 1.165) is 12.8 Å². The molecule has 0 aromatic carbocycles. The summed E-state index contributed by atoms with van der Waals surface area (Å²) < 4.78 is 30.6. The molecule has 0 amide bonds. The highest BCUT2D eigenvalue weighted by Gasteiger charge is 2.27. The molecule has 6 heteroatoms. The predicted molar refractivity (Wildman–Crippen MR) is 60.7 cm³/mol. The lowest BCUT2D eigenvalue weighted by Gasteiger charge is -2.16. The Kier molecular flexibility index (Phi) is 4.09. The van der Waals surface area contributed by atoms with E-state index in [0.29, 0.717) is 18.0 Å². The first-order valence-corrected chi connectivity index (χ1v) is 6.74. The fourth-order valence-corrected chi connectivity index (χ4v) is 2.99. The standard InChI is InChI=1S/C10H18N2O3S/c1-5-6-7-12(4)16(13,14)10-8(2)11-15-9(10)3/h5-7H2,1-4H3. The van der Waals surface area contributed by atoms with Crippen molar-refractivity contribution >= 4 is 10.0 Å². The van der Waals surface area contributed by atoms with Crippen LogP contribution in [0.5, 0.6) is 0 Å². The topological polar surface area (TPSA) is 63.4 Å². The lowest BCUT2D eigenvalue weighted by Crippen LogP contribution is -2.28. The highest BCUT2D eigenvalue weighted by molar-refractivity contribution is 7.89. The van der Waals surface area contributed by atoms with Crippen LogP contribution in [0.1, 0.15) is 31.2 Å². The van der Waals surface area contributed by atoms with Crippen LogP contribution in [-0.2, 0) is 10.0 Å². The van der Waals surface area contributed by atoms with Gasteiger partial charge in [0.2, 0.25) is 10.0 Å². The van der Waals surface area contributed by atoms with Crippen LogP contribution in [0.15, 0.2) is 9.42 Å². The second-order valence-corrected chi connectivity index (χ2v) is 5.82. The zero-order chi connectivity index (χ0) is 12.3. The SMILES string of the molecule is CCCCN(C)S(=O)(=O)c1c(C)noc1C. The number of aromatic nitrogens is 1. The molecule has 92 valence electrons. The van der Waals surface area contributed by atoms with Crippen LogP contribution in [0, 0.1) is 13.8 Å². The molecule has 1 aromatic heterocycles. The maximum absolute atomic E-state index is 12.2. The summed E-state index contributed by atoms with van der Waals surface area (Å²) in [4.78, 5) is 0.200. The van der Waals surface area contributed by atoms with Crippen LogP contribution in [-0.4, -0.2) is 31.5 Å². The summed E-state index contributed by atoms with van der Waals surface area (Å²) in [6, 6.07) is 0. The number of nitrogens with zero attached hydrogens (tertiary/aromatic N) is 2. The molecule has 16 heavy (non-hydrogen) atoms. The van der Waals surface area contributed by atoms with Gasteiger partial charge in [0.1, 0.15) is 10.6 Å². The Morgan fingerprint density at radius 3 is 2.44 bits per heavy atom. The zero-order valence-corrected chi connectivity index (χ0v) is 11.0. The summed E-state index contributed by atoms with van der Waals surface area (Å²) in [6.07, 6.45) is 1.81. The van der Waals surface area contributed by atoms with Crippen LogP contribution in [0.3, 0.4) is 0 Å². The van der Waals surface area contributed by atoms with Gasteiger partial charge < -0.3 is 4.52 Å². The maximum Gasteiger partial charge on any atom is 0.248 e. The fourth-order valence-electron chi connectivity index (χ4n) is 1.50. The van der Waals surface area contributed by atoms with Crippen molar-refractivity contribution in [3.8, 4) is 0 Å². The molecule has 0 aliphatic carbocycles. The molecule has 0 saturated heterocycles. The molecule has 1 heterocycles. The van der Waals surface area contributed by atoms with Crippen LogP contribution >= 0.6 is 0 Å². The van der Waals surface area contributed by atoms with E-state index in [9.17, 15) is 8.42 Å². The van der Waals surface area contributed by atoms with E-state index < -0.39 is 10.0 Å². The number of rotatable bonds is 5. The number of hydrogen-bond donors (Lipinski definition) is 0. The van der Waals surface area contributed by atoms with Crippen LogP contribution < -0.4 is 0 Å². The van der Waals surface area contributed by atoms with Crippen molar-refractivity contribution in [1.82, 2.24) is 9.46 Å². The summed E-state index contributed by atoms with van der Waals surface area (Å²) in [5.74, 6) is 0.348. The molecule has 0 atom stereocenters. The Morgan fingerprint density at radius 2 is 2.00 bits per heavy atom. The predicted octanol–water partition coefficient (Wildman–Crippen LogP) is 1.71. The third-order valence-electron chi connectivity index (χ3n) is 2.46. The van der Waals surface area contributed by atoms with Crippen molar-refractivity contribution in [2.45, 2.75) is 38.5 Å². The van der Waals surface area contributed by atoms with Crippen LogP contribution in [0.25, 0.3) is 0 Å². The summed E-state index contributed by atoms with van der Waals surface area (Å²) in [7, 11) is -1.87. The van der Waals surface area contributed by atoms with Gasteiger partial charge in [-0.25, -0.2) is 12.7 Å². The number of hydrogen-bond acceptors (Lipinski definition) is 4. The third kappa shape index (κ3) is 2.44. The summed E-state index contributed by atoms with van der Waals surface area (Å²) in [6.45, 7) is 5.79. The van der Waals surface area contributed by atoms with Crippen molar-refractivity contribution in [1.29, 1.82) is 0 Å². The van der Waals surface area contributed by atoms with Gasteiger partial charge in [-0.05, 0) is 20.3 Å². The van der Waals surface area contributed by atoms with Crippen molar-refractivity contribution in [3.05, 3.63) is 11.5 Å². The molecule has 0 aliphatic heterocycles. The molecule has 0 unspecified atom stereocenters. The first-order valence-electron chi connectivity index (χ1n) is 5.30. The smallest absolute Gasteiger partial charge is 0.248 e. The lowest BCUT2D eigenvalue weighted by atomic mass is 10.3. The van der Waals surface area contributed by atoms with E-state index in [-0.39, 0.29) is 4.90 Å². The van der Waals surface area contributed by atoms with E-state index >= 15 is 0 Å².